The molecule has 18 heavy (non-hydrogen) atoms. The van der Waals surface area contributed by atoms with Crippen molar-refractivity contribution in [2.75, 3.05) is 12.3 Å². The molecule has 0 heterocycles. The molecule has 1 saturated carbocycles. The van der Waals surface area contributed by atoms with Crippen molar-refractivity contribution in [3.63, 3.8) is 0 Å². The molecule has 0 saturated heterocycles. The summed E-state index contributed by atoms with van der Waals surface area (Å²) in [5, 5.41) is 0. The summed E-state index contributed by atoms with van der Waals surface area (Å²) in [5.41, 5.74) is 4.88. The van der Waals surface area contributed by atoms with Gasteiger partial charge < -0.3 is 10.5 Å². The standard InChI is InChI=1S/C13H16F3NO/c14-13(15,16)10-5-6-12(11(17)7-10)18-8-9-3-1-2-4-9/h5-7,9H,1-4,8,17H2. The van der Waals surface area contributed by atoms with Crippen molar-refractivity contribution < 1.29 is 17.9 Å². The van der Waals surface area contributed by atoms with Crippen LogP contribution in [0.5, 0.6) is 5.75 Å². The summed E-state index contributed by atoms with van der Waals surface area (Å²) in [6.45, 7) is 0.537. The third kappa shape index (κ3) is 3.09. The number of hydrogen-bond acceptors (Lipinski definition) is 2. The fourth-order valence-electron chi connectivity index (χ4n) is 2.24. The quantitative estimate of drug-likeness (QED) is 0.837. The molecule has 0 atom stereocenters. The van der Waals surface area contributed by atoms with Crippen molar-refractivity contribution >= 4 is 5.69 Å². The summed E-state index contributed by atoms with van der Waals surface area (Å²) >= 11 is 0. The van der Waals surface area contributed by atoms with E-state index in [0.717, 1.165) is 25.0 Å². The lowest BCUT2D eigenvalue weighted by molar-refractivity contribution is -0.137. The number of hydrogen-bond donors (Lipinski definition) is 1. The normalized spacial score (nSPS) is 17.1. The first kappa shape index (κ1) is 13.1. The molecule has 1 aliphatic carbocycles. The summed E-state index contributed by atoms with van der Waals surface area (Å²) in [6, 6.07) is 3.22. The van der Waals surface area contributed by atoms with E-state index in [2.05, 4.69) is 0 Å². The van der Waals surface area contributed by atoms with Crippen LogP contribution in [0.25, 0.3) is 0 Å². The van der Waals surface area contributed by atoms with Crippen LogP contribution in [0.15, 0.2) is 18.2 Å². The number of anilines is 1. The topological polar surface area (TPSA) is 35.2 Å². The van der Waals surface area contributed by atoms with Gasteiger partial charge in [0.25, 0.3) is 0 Å². The molecule has 2 nitrogen and oxygen atoms in total. The minimum atomic E-state index is -4.36. The molecule has 5 heteroatoms. The zero-order chi connectivity index (χ0) is 13.2. The van der Waals surface area contributed by atoms with Crippen LogP contribution >= 0.6 is 0 Å². The molecule has 100 valence electrons. The highest BCUT2D eigenvalue weighted by Crippen LogP contribution is 2.34. The van der Waals surface area contributed by atoms with Crippen molar-refractivity contribution in [3.8, 4) is 5.75 Å². The Labute approximate surface area is 104 Å². The van der Waals surface area contributed by atoms with E-state index < -0.39 is 11.7 Å². The summed E-state index contributed by atoms with van der Waals surface area (Å²) < 4.78 is 42.8. The molecule has 1 aromatic rings. The Morgan fingerprint density at radius 2 is 1.89 bits per heavy atom. The van der Waals surface area contributed by atoms with Crippen molar-refractivity contribution in [2.45, 2.75) is 31.9 Å². The SMILES string of the molecule is Nc1cc(C(F)(F)F)ccc1OCC1CCCC1. The van der Waals surface area contributed by atoms with Gasteiger partial charge in [-0.1, -0.05) is 12.8 Å². The highest BCUT2D eigenvalue weighted by molar-refractivity contribution is 5.54. The zero-order valence-electron chi connectivity index (χ0n) is 9.96. The Hall–Kier alpha value is -1.39. The fraction of sp³-hybridized carbons (Fsp3) is 0.538. The van der Waals surface area contributed by atoms with Gasteiger partial charge in [0.2, 0.25) is 0 Å². The lowest BCUT2D eigenvalue weighted by Gasteiger charge is -2.14. The van der Waals surface area contributed by atoms with Crippen LogP contribution in [0, 0.1) is 5.92 Å². The van der Waals surface area contributed by atoms with E-state index in [1.54, 1.807) is 0 Å². The van der Waals surface area contributed by atoms with E-state index in [4.69, 9.17) is 10.5 Å². The van der Waals surface area contributed by atoms with Crippen molar-refractivity contribution in [3.05, 3.63) is 23.8 Å². The Morgan fingerprint density at radius 3 is 2.44 bits per heavy atom. The second-order valence-corrected chi connectivity index (χ2v) is 4.71. The average molecular weight is 259 g/mol. The van der Waals surface area contributed by atoms with Crippen LogP contribution in [-0.2, 0) is 6.18 Å². The number of nitrogen functional groups attached to an aromatic ring is 1. The van der Waals surface area contributed by atoms with E-state index in [1.165, 1.54) is 18.9 Å². The van der Waals surface area contributed by atoms with Crippen LogP contribution in [0.1, 0.15) is 31.2 Å². The summed E-state index contributed by atoms with van der Waals surface area (Å²) in [6.07, 6.45) is 0.298. The van der Waals surface area contributed by atoms with Crippen LogP contribution < -0.4 is 10.5 Å². The molecule has 2 rings (SSSR count). The van der Waals surface area contributed by atoms with E-state index in [-0.39, 0.29) is 5.69 Å². The van der Waals surface area contributed by atoms with E-state index >= 15 is 0 Å². The monoisotopic (exact) mass is 259 g/mol. The molecular weight excluding hydrogens is 243 g/mol. The first-order valence-corrected chi connectivity index (χ1v) is 6.06. The highest BCUT2D eigenvalue weighted by atomic mass is 19.4. The Morgan fingerprint density at radius 1 is 1.22 bits per heavy atom. The Balaban J connectivity index is 2.01. The van der Waals surface area contributed by atoms with Gasteiger partial charge in [-0.15, -0.1) is 0 Å². The number of nitrogens with two attached hydrogens (primary N) is 1. The van der Waals surface area contributed by atoms with Gasteiger partial charge in [-0.25, -0.2) is 0 Å². The van der Waals surface area contributed by atoms with Gasteiger partial charge in [0.05, 0.1) is 17.9 Å². The number of rotatable bonds is 3. The van der Waals surface area contributed by atoms with Gasteiger partial charge in [-0.3, -0.25) is 0 Å². The van der Waals surface area contributed by atoms with Crippen LogP contribution in [0.4, 0.5) is 18.9 Å². The summed E-state index contributed by atoms with van der Waals surface area (Å²) in [7, 11) is 0. The molecule has 0 aliphatic heterocycles. The average Bonchev–Trinajstić information content (AvgIpc) is 2.79. The van der Waals surface area contributed by atoms with Gasteiger partial charge in [-0.05, 0) is 37.0 Å². The number of ether oxygens (including phenoxy) is 1. The van der Waals surface area contributed by atoms with E-state index in [9.17, 15) is 13.2 Å². The lowest BCUT2D eigenvalue weighted by Crippen LogP contribution is -2.10. The lowest BCUT2D eigenvalue weighted by atomic mass is 10.1. The molecule has 1 aliphatic rings. The Kier molecular flexibility index (Phi) is 3.68. The van der Waals surface area contributed by atoms with Crippen molar-refractivity contribution in [2.24, 2.45) is 5.92 Å². The smallest absolute Gasteiger partial charge is 0.416 e. The number of benzene rings is 1. The van der Waals surface area contributed by atoms with Gasteiger partial charge >= 0.3 is 6.18 Å². The van der Waals surface area contributed by atoms with Crippen LogP contribution in [0.3, 0.4) is 0 Å². The van der Waals surface area contributed by atoms with Crippen molar-refractivity contribution in [1.82, 2.24) is 0 Å². The third-order valence-corrected chi connectivity index (χ3v) is 3.29. The number of alkyl halides is 3. The number of halogens is 3. The second kappa shape index (κ2) is 5.08. The van der Waals surface area contributed by atoms with Crippen molar-refractivity contribution in [1.29, 1.82) is 0 Å². The zero-order valence-corrected chi connectivity index (χ0v) is 9.96. The maximum absolute atomic E-state index is 12.4. The molecule has 0 aromatic heterocycles. The summed E-state index contributed by atoms with van der Waals surface area (Å²) in [5.74, 6) is 0.849. The molecule has 1 aromatic carbocycles. The largest absolute Gasteiger partial charge is 0.491 e. The minimum Gasteiger partial charge on any atom is -0.491 e. The molecule has 0 amide bonds. The van der Waals surface area contributed by atoms with Crippen LogP contribution in [-0.4, -0.2) is 6.61 Å². The molecule has 0 radical (unpaired) electrons. The van der Waals surface area contributed by atoms with Gasteiger partial charge in [-0.2, -0.15) is 13.2 Å². The van der Waals surface area contributed by atoms with Crippen LogP contribution in [0.2, 0.25) is 0 Å². The van der Waals surface area contributed by atoms with Gasteiger partial charge in [0, 0.05) is 0 Å². The predicted molar refractivity (Wildman–Crippen MR) is 63.3 cm³/mol. The first-order valence-electron chi connectivity index (χ1n) is 6.06. The summed E-state index contributed by atoms with van der Waals surface area (Å²) in [4.78, 5) is 0. The molecular formula is C13H16F3NO. The second-order valence-electron chi connectivity index (χ2n) is 4.71. The highest BCUT2D eigenvalue weighted by Gasteiger charge is 2.31. The van der Waals surface area contributed by atoms with E-state index in [0.29, 0.717) is 18.3 Å². The molecule has 0 bridgehead atoms. The van der Waals surface area contributed by atoms with Gasteiger partial charge in [0.15, 0.2) is 0 Å². The molecule has 0 spiro atoms. The first-order chi connectivity index (χ1) is 8.47. The fourth-order valence-corrected chi connectivity index (χ4v) is 2.24. The van der Waals surface area contributed by atoms with Gasteiger partial charge in [0.1, 0.15) is 5.75 Å². The Bertz CT molecular complexity index is 411. The maximum Gasteiger partial charge on any atom is 0.416 e. The molecule has 2 N–H and O–H groups in total. The maximum atomic E-state index is 12.4. The molecule has 1 fully saturated rings. The molecule has 0 unspecified atom stereocenters. The minimum absolute atomic E-state index is 0.0443. The third-order valence-electron chi connectivity index (χ3n) is 3.29. The predicted octanol–water partition coefficient (Wildman–Crippen LogP) is 3.86. The van der Waals surface area contributed by atoms with E-state index in [1.807, 2.05) is 0 Å².